The Hall–Kier alpha value is -3.72. The molecular weight excluding hydrogens is 391 g/mol. The number of aromatic amines is 1. The number of carbonyl (C=O) groups is 1. The van der Waals surface area contributed by atoms with Gasteiger partial charge in [0.05, 0.1) is 11.9 Å². The molecule has 0 spiro atoms. The van der Waals surface area contributed by atoms with Crippen molar-refractivity contribution in [2.24, 2.45) is 0 Å². The van der Waals surface area contributed by atoms with Crippen LogP contribution < -0.4 is 16.0 Å². The third-order valence-corrected chi connectivity index (χ3v) is 4.78. The van der Waals surface area contributed by atoms with Gasteiger partial charge in [-0.05, 0) is 36.4 Å². The smallest absolute Gasteiger partial charge is 0.319 e. The Morgan fingerprint density at radius 1 is 1.14 bits per heavy atom. The number of anilines is 3. The van der Waals surface area contributed by atoms with Gasteiger partial charge in [0.15, 0.2) is 5.13 Å². The summed E-state index contributed by atoms with van der Waals surface area (Å²) in [6, 6.07) is 13.3. The summed E-state index contributed by atoms with van der Waals surface area (Å²) in [5.74, 6) is -0.290. The summed E-state index contributed by atoms with van der Waals surface area (Å²) in [7, 11) is 0. The van der Waals surface area contributed by atoms with E-state index in [0.29, 0.717) is 23.1 Å². The van der Waals surface area contributed by atoms with Crippen molar-refractivity contribution < 1.29 is 9.18 Å². The maximum Gasteiger partial charge on any atom is 0.319 e. The van der Waals surface area contributed by atoms with Crippen LogP contribution in [-0.4, -0.2) is 21.2 Å². The first-order valence-electron chi connectivity index (χ1n) is 8.77. The van der Waals surface area contributed by atoms with Gasteiger partial charge in [0.25, 0.3) is 0 Å². The van der Waals surface area contributed by atoms with Gasteiger partial charge in [-0.25, -0.2) is 14.2 Å². The molecule has 0 saturated heterocycles. The lowest BCUT2D eigenvalue weighted by atomic mass is 10.2. The zero-order valence-electron chi connectivity index (χ0n) is 15.1. The van der Waals surface area contributed by atoms with Gasteiger partial charge < -0.3 is 16.0 Å². The standard InChI is InChI=1S/C20H17FN6OS/c21-15-3-1-2-14(8-15)18-12-29-20(27-18)26-17-6-4-16(5-7-17)25-19(28)22-9-13-10-23-24-11-13/h1-8,10-12H,9H2,(H,23,24)(H,26,27)(H2,22,25,28). The Morgan fingerprint density at radius 3 is 2.72 bits per heavy atom. The lowest BCUT2D eigenvalue weighted by Crippen LogP contribution is -2.27. The number of thiazole rings is 1. The number of benzene rings is 2. The quantitative estimate of drug-likeness (QED) is 0.371. The number of carbonyl (C=O) groups excluding carboxylic acids is 1. The Labute approximate surface area is 170 Å². The van der Waals surface area contributed by atoms with Crippen molar-refractivity contribution in [3.05, 3.63) is 77.7 Å². The van der Waals surface area contributed by atoms with Crippen LogP contribution in [0, 0.1) is 5.82 Å². The highest BCUT2D eigenvalue weighted by Gasteiger charge is 2.07. The molecule has 0 fully saturated rings. The number of aromatic nitrogens is 3. The number of halogens is 1. The van der Waals surface area contributed by atoms with Gasteiger partial charge >= 0.3 is 6.03 Å². The lowest BCUT2D eigenvalue weighted by Gasteiger charge is -2.08. The molecule has 146 valence electrons. The minimum Gasteiger partial charge on any atom is -0.334 e. The van der Waals surface area contributed by atoms with Crippen LogP contribution in [-0.2, 0) is 6.54 Å². The van der Waals surface area contributed by atoms with E-state index in [9.17, 15) is 9.18 Å². The largest absolute Gasteiger partial charge is 0.334 e. The molecule has 4 N–H and O–H groups in total. The van der Waals surface area contributed by atoms with Crippen molar-refractivity contribution in [3.8, 4) is 11.3 Å². The van der Waals surface area contributed by atoms with Gasteiger partial charge in [-0.3, -0.25) is 5.10 Å². The zero-order chi connectivity index (χ0) is 20.1. The molecule has 9 heteroatoms. The monoisotopic (exact) mass is 408 g/mol. The fourth-order valence-corrected chi connectivity index (χ4v) is 3.34. The average molecular weight is 408 g/mol. The van der Waals surface area contributed by atoms with Crippen molar-refractivity contribution in [2.45, 2.75) is 6.54 Å². The third-order valence-electron chi connectivity index (χ3n) is 4.03. The van der Waals surface area contributed by atoms with Crippen LogP contribution in [0.25, 0.3) is 11.3 Å². The first-order valence-corrected chi connectivity index (χ1v) is 9.65. The Bertz CT molecular complexity index is 1090. The lowest BCUT2D eigenvalue weighted by molar-refractivity contribution is 0.251. The Kier molecular flexibility index (Phi) is 5.48. The fourth-order valence-electron chi connectivity index (χ4n) is 2.60. The second-order valence-electron chi connectivity index (χ2n) is 6.16. The van der Waals surface area contributed by atoms with E-state index in [0.717, 1.165) is 16.8 Å². The highest BCUT2D eigenvalue weighted by molar-refractivity contribution is 7.14. The van der Waals surface area contributed by atoms with Crippen molar-refractivity contribution in [3.63, 3.8) is 0 Å². The summed E-state index contributed by atoms with van der Waals surface area (Å²) in [6.07, 6.45) is 3.37. The third kappa shape index (κ3) is 4.96. The Morgan fingerprint density at radius 2 is 1.97 bits per heavy atom. The first kappa shape index (κ1) is 18.6. The minimum absolute atomic E-state index is 0.290. The van der Waals surface area contributed by atoms with Crippen LogP contribution in [0.4, 0.5) is 25.7 Å². The van der Waals surface area contributed by atoms with Gasteiger partial charge in [-0.1, -0.05) is 12.1 Å². The fraction of sp³-hybridized carbons (Fsp3) is 0.0500. The molecule has 0 saturated carbocycles. The number of urea groups is 1. The number of hydrogen-bond donors (Lipinski definition) is 4. The maximum atomic E-state index is 13.4. The van der Waals surface area contributed by atoms with Crippen LogP contribution in [0.3, 0.4) is 0 Å². The molecule has 0 bridgehead atoms. The van der Waals surface area contributed by atoms with E-state index in [1.54, 1.807) is 30.6 Å². The summed E-state index contributed by atoms with van der Waals surface area (Å²) in [5.41, 5.74) is 3.83. The second kappa shape index (κ2) is 8.53. The van der Waals surface area contributed by atoms with Gasteiger partial charge in [-0.2, -0.15) is 5.10 Å². The second-order valence-corrected chi connectivity index (χ2v) is 7.02. The minimum atomic E-state index is -0.299. The predicted octanol–water partition coefficient (Wildman–Crippen LogP) is 4.74. The molecule has 4 aromatic rings. The molecular formula is C20H17FN6OS. The summed E-state index contributed by atoms with van der Waals surface area (Å²) in [4.78, 5) is 16.4. The van der Waals surface area contributed by atoms with E-state index in [1.165, 1.54) is 23.5 Å². The van der Waals surface area contributed by atoms with Crippen molar-refractivity contribution in [2.75, 3.05) is 10.6 Å². The SMILES string of the molecule is O=C(NCc1cn[nH]c1)Nc1ccc(Nc2nc(-c3cccc(F)c3)cs2)cc1. The number of amides is 2. The van der Waals surface area contributed by atoms with E-state index in [4.69, 9.17) is 0 Å². The molecule has 2 aromatic heterocycles. The molecule has 0 aliphatic carbocycles. The van der Waals surface area contributed by atoms with Crippen LogP contribution in [0.15, 0.2) is 66.3 Å². The van der Waals surface area contributed by atoms with Gasteiger partial charge in [0.1, 0.15) is 5.82 Å². The number of rotatable bonds is 6. The summed E-state index contributed by atoms with van der Waals surface area (Å²) in [5, 5.41) is 17.8. The van der Waals surface area contributed by atoms with Crippen LogP contribution in [0.2, 0.25) is 0 Å². The molecule has 2 amide bonds. The normalized spacial score (nSPS) is 10.5. The molecule has 0 aliphatic heterocycles. The maximum absolute atomic E-state index is 13.4. The topological polar surface area (TPSA) is 94.7 Å². The average Bonchev–Trinajstić information content (AvgIpc) is 3.40. The van der Waals surface area contributed by atoms with E-state index in [2.05, 4.69) is 31.1 Å². The molecule has 0 atom stereocenters. The molecule has 2 aromatic carbocycles. The Balaban J connectivity index is 1.33. The molecule has 4 rings (SSSR count). The van der Waals surface area contributed by atoms with Crippen LogP contribution in [0.5, 0.6) is 0 Å². The van der Waals surface area contributed by atoms with E-state index in [-0.39, 0.29) is 11.8 Å². The molecule has 2 heterocycles. The number of H-pyrrole nitrogens is 1. The van der Waals surface area contributed by atoms with Gasteiger partial charge in [-0.15, -0.1) is 11.3 Å². The molecule has 0 aliphatic rings. The highest BCUT2D eigenvalue weighted by atomic mass is 32.1. The number of nitrogens with one attached hydrogen (secondary N) is 4. The molecule has 29 heavy (non-hydrogen) atoms. The molecule has 7 nitrogen and oxygen atoms in total. The highest BCUT2D eigenvalue weighted by Crippen LogP contribution is 2.27. The number of hydrogen-bond acceptors (Lipinski definition) is 5. The predicted molar refractivity (Wildman–Crippen MR) is 112 cm³/mol. The summed E-state index contributed by atoms with van der Waals surface area (Å²) < 4.78 is 13.4. The van der Waals surface area contributed by atoms with Crippen molar-refractivity contribution in [1.82, 2.24) is 20.5 Å². The van der Waals surface area contributed by atoms with E-state index in [1.807, 2.05) is 23.6 Å². The first-order chi connectivity index (χ1) is 14.2. The molecule has 0 unspecified atom stereocenters. The zero-order valence-corrected chi connectivity index (χ0v) is 16.0. The van der Waals surface area contributed by atoms with E-state index < -0.39 is 0 Å². The van der Waals surface area contributed by atoms with Crippen molar-refractivity contribution >= 4 is 33.9 Å². The van der Waals surface area contributed by atoms with Gasteiger partial charge in [0.2, 0.25) is 0 Å². The van der Waals surface area contributed by atoms with Gasteiger partial charge in [0, 0.05) is 40.6 Å². The number of nitrogens with zero attached hydrogens (tertiary/aromatic N) is 2. The summed E-state index contributed by atoms with van der Waals surface area (Å²) >= 11 is 1.43. The van der Waals surface area contributed by atoms with Crippen LogP contribution in [0.1, 0.15) is 5.56 Å². The molecule has 0 radical (unpaired) electrons. The van der Waals surface area contributed by atoms with Crippen LogP contribution >= 0.6 is 11.3 Å². The van der Waals surface area contributed by atoms with E-state index >= 15 is 0 Å². The van der Waals surface area contributed by atoms with Crippen molar-refractivity contribution in [1.29, 1.82) is 0 Å². The summed E-state index contributed by atoms with van der Waals surface area (Å²) in [6.45, 7) is 0.389.